The molecular formula is C15H15BrClNS. The minimum absolute atomic E-state index is 0.621. The van der Waals surface area contributed by atoms with E-state index >= 15 is 0 Å². The Bertz CT molecular complexity index is 563. The average molecular weight is 357 g/mol. The van der Waals surface area contributed by atoms with Gasteiger partial charge in [0.15, 0.2) is 0 Å². The zero-order valence-corrected chi connectivity index (χ0v) is 13.6. The molecule has 0 bridgehead atoms. The number of thiophene rings is 1. The molecule has 0 amide bonds. The third-order valence-electron chi connectivity index (χ3n) is 3.73. The van der Waals surface area contributed by atoms with Crippen molar-refractivity contribution in [3.8, 4) is 0 Å². The van der Waals surface area contributed by atoms with Gasteiger partial charge < -0.3 is 5.32 Å². The predicted molar refractivity (Wildman–Crippen MR) is 86.1 cm³/mol. The Morgan fingerprint density at radius 3 is 2.74 bits per heavy atom. The Hall–Kier alpha value is -0.350. The van der Waals surface area contributed by atoms with E-state index in [9.17, 15) is 0 Å². The smallest absolute Gasteiger partial charge is 0.0440 e. The van der Waals surface area contributed by atoms with Crippen molar-refractivity contribution in [1.29, 1.82) is 0 Å². The van der Waals surface area contributed by atoms with E-state index in [0.29, 0.717) is 12.0 Å². The first-order chi connectivity index (χ1) is 9.24. The van der Waals surface area contributed by atoms with Crippen molar-refractivity contribution < 1.29 is 0 Å². The van der Waals surface area contributed by atoms with E-state index in [4.69, 9.17) is 11.6 Å². The number of hydrogen-bond donors (Lipinski definition) is 1. The number of benzene rings is 1. The lowest BCUT2D eigenvalue weighted by atomic mass is 9.76. The van der Waals surface area contributed by atoms with Gasteiger partial charge in [0, 0.05) is 27.0 Å². The van der Waals surface area contributed by atoms with Gasteiger partial charge in [0.1, 0.15) is 0 Å². The van der Waals surface area contributed by atoms with Gasteiger partial charge in [-0.05, 0) is 57.8 Å². The highest BCUT2D eigenvalue weighted by atomic mass is 79.9. The summed E-state index contributed by atoms with van der Waals surface area (Å²) in [4.78, 5) is 1.38. The van der Waals surface area contributed by atoms with Crippen molar-refractivity contribution in [2.45, 2.75) is 31.3 Å². The molecule has 3 rings (SSSR count). The number of rotatable bonds is 4. The molecule has 1 saturated carbocycles. The van der Waals surface area contributed by atoms with Crippen LogP contribution in [0, 0.1) is 0 Å². The molecule has 4 heteroatoms. The Morgan fingerprint density at radius 1 is 1.26 bits per heavy atom. The summed E-state index contributed by atoms with van der Waals surface area (Å²) < 4.78 is 1.21. The number of halogens is 2. The first-order valence-electron chi connectivity index (χ1n) is 6.43. The van der Waals surface area contributed by atoms with E-state index < -0.39 is 0 Å². The molecule has 1 aromatic carbocycles. The maximum absolute atomic E-state index is 6.23. The summed E-state index contributed by atoms with van der Waals surface area (Å²) in [5, 5.41) is 6.65. The van der Waals surface area contributed by atoms with Gasteiger partial charge in [-0.3, -0.25) is 0 Å². The summed E-state index contributed by atoms with van der Waals surface area (Å²) >= 11 is 11.6. The summed E-state index contributed by atoms with van der Waals surface area (Å²) in [5.74, 6) is 0.623. The van der Waals surface area contributed by atoms with Crippen molar-refractivity contribution in [3.63, 3.8) is 0 Å². The zero-order chi connectivity index (χ0) is 13.2. The molecule has 1 aliphatic carbocycles. The molecule has 1 aliphatic rings. The van der Waals surface area contributed by atoms with Crippen molar-refractivity contribution in [1.82, 2.24) is 5.32 Å². The molecule has 0 aliphatic heterocycles. The molecule has 1 heterocycles. The second kappa shape index (κ2) is 5.96. The summed E-state index contributed by atoms with van der Waals surface area (Å²) in [6, 6.07) is 10.9. The number of nitrogens with one attached hydrogen (secondary N) is 1. The van der Waals surface area contributed by atoms with Crippen LogP contribution in [0.5, 0.6) is 0 Å². The van der Waals surface area contributed by atoms with Crippen LogP contribution in [0.2, 0.25) is 5.02 Å². The van der Waals surface area contributed by atoms with Gasteiger partial charge in [0.05, 0.1) is 0 Å². The second-order valence-corrected chi connectivity index (χ2v) is 7.22. The highest BCUT2D eigenvalue weighted by Crippen LogP contribution is 2.40. The lowest BCUT2D eigenvalue weighted by molar-refractivity contribution is 0.290. The van der Waals surface area contributed by atoms with Gasteiger partial charge in [-0.15, -0.1) is 11.3 Å². The van der Waals surface area contributed by atoms with Crippen LogP contribution in [-0.4, -0.2) is 6.04 Å². The molecule has 19 heavy (non-hydrogen) atoms. The monoisotopic (exact) mass is 355 g/mol. The van der Waals surface area contributed by atoms with E-state index in [0.717, 1.165) is 11.6 Å². The molecule has 1 fully saturated rings. The Balaban J connectivity index is 1.51. The van der Waals surface area contributed by atoms with Crippen LogP contribution in [0.25, 0.3) is 0 Å². The normalized spacial score (nSPS) is 22.2. The topological polar surface area (TPSA) is 12.0 Å². The van der Waals surface area contributed by atoms with E-state index in [1.807, 2.05) is 12.1 Å². The van der Waals surface area contributed by atoms with Gasteiger partial charge in [-0.25, -0.2) is 0 Å². The van der Waals surface area contributed by atoms with Crippen LogP contribution in [0.15, 0.2) is 40.2 Å². The molecule has 1 N–H and O–H groups in total. The van der Waals surface area contributed by atoms with Crippen LogP contribution >= 0.6 is 38.9 Å². The summed E-state index contributed by atoms with van der Waals surface area (Å²) in [6.45, 7) is 0.957. The molecule has 0 unspecified atom stereocenters. The molecule has 0 radical (unpaired) electrons. The van der Waals surface area contributed by atoms with E-state index in [2.05, 4.69) is 44.8 Å². The third kappa shape index (κ3) is 3.05. The van der Waals surface area contributed by atoms with Gasteiger partial charge in [-0.2, -0.15) is 0 Å². The maximum atomic E-state index is 6.23. The maximum Gasteiger partial charge on any atom is 0.0440 e. The van der Waals surface area contributed by atoms with Crippen molar-refractivity contribution in [2.24, 2.45) is 0 Å². The standard InChI is InChI=1S/C15H15BrClNS/c16-13-5-6-19-15(13)9-18-11-7-10(8-11)12-3-1-2-4-14(12)17/h1-6,10-11,18H,7-9H2. The van der Waals surface area contributed by atoms with Crippen molar-refractivity contribution in [2.75, 3.05) is 0 Å². The molecule has 1 aromatic heterocycles. The highest BCUT2D eigenvalue weighted by molar-refractivity contribution is 9.10. The fourth-order valence-corrected chi connectivity index (χ4v) is 4.27. The largest absolute Gasteiger partial charge is 0.309 e. The van der Waals surface area contributed by atoms with Crippen LogP contribution in [0.3, 0.4) is 0 Å². The van der Waals surface area contributed by atoms with Crippen molar-refractivity contribution in [3.05, 3.63) is 55.6 Å². The average Bonchev–Trinajstić information content (AvgIpc) is 2.75. The zero-order valence-electron chi connectivity index (χ0n) is 10.4. The summed E-state index contributed by atoms with van der Waals surface area (Å²) in [5.41, 5.74) is 1.31. The molecule has 100 valence electrons. The van der Waals surface area contributed by atoms with Crippen LogP contribution in [0.1, 0.15) is 29.2 Å². The van der Waals surface area contributed by atoms with Gasteiger partial charge in [-0.1, -0.05) is 29.8 Å². The highest BCUT2D eigenvalue weighted by Gasteiger charge is 2.31. The van der Waals surface area contributed by atoms with Crippen LogP contribution in [0.4, 0.5) is 0 Å². The van der Waals surface area contributed by atoms with Crippen molar-refractivity contribution >= 4 is 38.9 Å². The first kappa shape index (κ1) is 13.6. The summed E-state index contributed by atoms with van der Waals surface area (Å²) in [7, 11) is 0. The Morgan fingerprint density at radius 2 is 2.05 bits per heavy atom. The fraction of sp³-hybridized carbons (Fsp3) is 0.333. The molecule has 0 saturated heterocycles. The molecular weight excluding hydrogens is 342 g/mol. The summed E-state index contributed by atoms with van der Waals surface area (Å²) in [6.07, 6.45) is 2.37. The minimum Gasteiger partial charge on any atom is -0.309 e. The predicted octanol–water partition coefficient (Wildman–Crippen LogP) is 5.20. The first-order valence-corrected chi connectivity index (χ1v) is 8.49. The van der Waals surface area contributed by atoms with Gasteiger partial charge in [0.25, 0.3) is 0 Å². The molecule has 0 spiro atoms. The molecule has 1 nitrogen and oxygen atoms in total. The SMILES string of the molecule is Clc1ccccc1C1CC(NCc2sccc2Br)C1. The second-order valence-electron chi connectivity index (χ2n) is 4.96. The van der Waals surface area contributed by atoms with Crippen LogP contribution in [-0.2, 0) is 6.54 Å². The van der Waals surface area contributed by atoms with Gasteiger partial charge in [0.2, 0.25) is 0 Å². The Kier molecular flexibility index (Phi) is 4.27. The van der Waals surface area contributed by atoms with Gasteiger partial charge >= 0.3 is 0 Å². The quantitative estimate of drug-likeness (QED) is 0.794. The minimum atomic E-state index is 0.621. The third-order valence-corrected chi connectivity index (χ3v) is 6.00. The molecule has 2 aromatic rings. The fourth-order valence-electron chi connectivity index (χ4n) is 2.53. The lowest BCUT2D eigenvalue weighted by Gasteiger charge is -2.36. The van der Waals surface area contributed by atoms with E-state index in [1.54, 1.807) is 11.3 Å². The van der Waals surface area contributed by atoms with E-state index in [-0.39, 0.29) is 0 Å². The van der Waals surface area contributed by atoms with E-state index in [1.165, 1.54) is 27.8 Å². The number of hydrogen-bond acceptors (Lipinski definition) is 2. The Labute approximate surface area is 131 Å². The lowest BCUT2D eigenvalue weighted by Crippen LogP contribution is -2.39. The molecule has 0 atom stereocenters. The van der Waals surface area contributed by atoms with Crippen LogP contribution < -0.4 is 5.32 Å².